The van der Waals surface area contributed by atoms with Crippen LogP contribution in [0.5, 0.6) is 0 Å². The molecule has 0 unspecified atom stereocenters. The minimum Gasteiger partial charge on any atom is -0.380 e. The van der Waals surface area contributed by atoms with E-state index in [0.29, 0.717) is 23.5 Å². The highest BCUT2D eigenvalue weighted by molar-refractivity contribution is 5.66. The van der Waals surface area contributed by atoms with Gasteiger partial charge >= 0.3 is 6.18 Å². The normalized spacial score (nSPS) is 14.6. The molecule has 7 heteroatoms. The minimum atomic E-state index is -4.56. The SMILES string of the molecule is Cc1cc(F)ccc1-n1nc(C(F)(F)F)cc1C1=CC=CCN1. The van der Waals surface area contributed by atoms with E-state index in [9.17, 15) is 17.6 Å². The van der Waals surface area contributed by atoms with Crippen LogP contribution in [0.15, 0.2) is 42.5 Å². The fourth-order valence-electron chi connectivity index (χ4n) is 2.39. The molecule has 0 aliphatic carbocycles. The van der Waals surface area contributed by atoms with Crippen LogP contribution in [0.3, 0.4) is 0 Å². The molecule has 23 heavy (non-hydrogen) atoms. The summed E-state index contributed by atoms with van der Waals surface area (Å²) in [7, 11) is 0. The van der Waals surface area contributed by atoms with Gasteiger partial charge in [0.1, 0.15) is 5.82 Å². The molecule has 1 aromatic carbocycles. The zero-order valence-electron chi connectivity index (χ0n) is 12.2. The van der Waals surface area contributed by atoms with E-state index in [1.807, 2.05) is 6.08 Å². The van der Waals surface area contributed by atoms with Crippen molar-refractivity contribution >= 4 is 5.70 Å². The van der Waals surface area contributed by atoms with Crippen LogP contribution in [-0.4, -0.2) is 16.3 Å². The predicted octanol–water partition coefficient (Wildman–Crippen LogP) is 3.84. The molecule has 0 spiro atoms. The highest BCUT2D eigenvalue weighted by Crippen LogP contribution is 2.32. The van der Waals surface area contributed by atoms with Gasteiger partial charge in [-0.3, -0.25) is 0 Å². The van der Waals surface area contributed by atoms with Gasteiger partial charge in [0.25, 0.3) is 0 Å². The van der Waals surface area contributed by atoms with Crippen LogP contribution in [0.2, 0.25) is 0 Å². The van der Waals surface area contributed by atoms with E-state index >= 15 is 0 Å². The van der Waals surface area contributed by atoms with Gasteiger partial charge in [-0.15, -0.1) is 0 Å². The largest absolute Gasteiger partial charge is 0.435 e. The van der Waals surface area contributed by atoms with Crippen LogP contribution in [0.25, 0.3) is 11.4 Å². The maximum atomic E-state index is 13.3. The Bertz CT molecular complexity index is 800. The van der Waals surface area contributed by atoms with Gasteiger partial charge in [-0.2, -0.15) is 18.3 Å². The molecule has 2 aromatic rings. The average molecular weight is 323 g/mol. The smallest absolute Gasteiger partial charge is 0.380 e. The van der Waals surface area contributed by atoms with Crippen molar-refractivity contribution in [1.29, 1.82) is 0 Å². The second kappa shape index (κ2) is 5.57. The summed E-state index contributed by atoms with van der Waals surface area (Å²) in [6, 6.07) is 4.86. The third-order valence-electron chi connectivity index (χ3n) is 3.47. The van der Waals surface area contributed by atoms with E-state index in [1.54, 1.807) is 19.1 Å². The standard InChI is InChI=1S/C16H13F4N3/c1-10-8-11(17)5-6-13(10)23-14(12-4-2-3-7-21-12)9-15(22-23)16(18,19)20/h2-6,8-9,21H,7H2,1H3. The van der Waals surface area contributed by atoms with E-state index in [0.717, 1.165) is 6.07 Å². The molecule has 0 saturated carbocycles. The number of alkyl halides is 3. The average Bonchev–Trinajstić information content (AvgIpc) is 2.93. The van der Waals surface area contributed by atoms with Gasteiger partial charge in [0.15, 0.2) is 5.69 Å². The lowest BCUT2D eigenvalue weighted by Crippen LogP contribution is -2.17. The topological polar surface area (TPSA) is 29.9 Å². The molecule has 1 aliphatic rings. The maximum absolute atomic E-state index is 13.3. The van der Waals surface area contributed by atoms with Gasteiger partial charge in [0.05, 0.1) is 17.1 Å². The first kappa shape index (κ1) is 15.3. The first-order chi connectivity index (χ1) is 10.9. The van der Waals surface area contributed by atoms with Gasteiger partial charge < -0.3 is 5.32 Å². The van der Waals surface area contributed by atoms with Gasteiger partial charge in [-0.1, -0.05) is 12.2 Å². The summed E-state index contributed by atoms with van der Waals surface area (Å²) >= 11 is 0. The van der Waals surface area contributed by atoms with E-state index < -0.39 is 17.7 Å². The van der Waals surface area contributed by atoms with Crippen LogP contribution in [0, 0.1) is 12.7 Å². The number of hydrogen-bond acceptors (Lipinski definition) is 2. The van der Waals surface area contributed by atoms with Gasteiger partial charge in [-0.05, 0) is 42.8 Å². The lowest BCUT2D eigenvalue weighted by Gasteiger charge is -2.15. The van der Waals surface area contributed by atoms with Crippen molar-refractivity contribution in [3.63, 3.8) is 0 Å². The number of nitrogens with one attached hydrogen (secondary N) is 1. The molecule has 2 heterocycles. The highest BCUT2D eigenvalue weighted by atomic mass is 19.4. The maximum Gasteiger partial charge on any atom is 0.435 e. The summed E-state index contributed by atoms with van der Waals surface area (Å²) in [5.74, 6) is -0.450. The van der Waals surface area contributed by atoms with Crippen LogP contribution in [0.4, 0.5) is 17.6 Å². The van der Waals surface area contributed by atoms with E-state index in [4.69, 9.17) is 0 Å². The first-order valence-electron chi connectivity index (χ1n) is 6.91. The number of benzene rings is 1. The fraction of sp³-hybridized carbons (Fsp3) is 0.188. The molecule has 0 amide bonds. The quantitative estimate of drug-likeness (QED) is 0.851. The molecule has 1 aromatic heterocycles. The van der Waals surface area contributed by atoms with Crippen LogP contribution in [0.1, 0.15) is 17.0 Å². The number of dihydropyridines is 1. The number of allylic oxidation sites excluding steroid dienone is 2. The Kier molecular flexibility index (Phi) is 3.71. The lowest BCUT2D eigenvalue weighted by molar-refractivity contribution is -0.141. The molecule has 3 nitrogen and oxygen atoms in total. The molecule has 0 bridgehead atoms. The Hall–Kier alpha value is -2.57. The van der Waals surface area contributed by atoms with Crippen LogP contribution >= 0.6 is 0 Å². The summed E-state index contributed by atoms with van der Waals surface area (Å²) in [6.07, 6.45) is 0.723. The number of nitrogens with zero attached hydrogens (tertiary/aromatic N) is 2. The number of aromatic nitrogens is 2. The number of halogens is 4. The van der Waals surface area contributed by atoms with Crippen molar-refractivity contribution in [1.82, 2.24) is 15.1 Å². The van der Waals surface area contributed by atoms with E-state index in [-0.39, 0.29) is 5.69 Å². The van der Waals surface area contributed by atoms with Gasteiger partial charge in [-0.25, -0.2) is 9.07 Å². The van der Waals surface area contributed by atoms with Gasteiger partial charge in [0, 0.05) is 6.54 Å². The number of hydrogen-bond donors (Lipinski definition) is 1. The van der Waals surface area contributed by atoms with Crippen molar-refractivity contribution in [2.24, 2.45) is 0 Å². The molecule has 1 aliphatic heterocycles. The Morgan fingerprint density at radius 1 is 1.22 bits per heavy atom. The molecular weight excluding hydrogens is 310 g/mol. The molecule has 120 valence electrons. The zero-order valence-corrected chi connectivity index (χ0v) is 12.2. The predicted molar refractivity (Wildman–Crippen MR) is 78.4 cm³/mol. The molecule has 3 rings (SSSR count). The van der Waals surface area contributed by atoms with Crippen molar-refractivity contribution in [3.8, 4) is 5.69 Å². The Morgan fingerprint density at radius 3 is 2.61 bits per heavy atom. The third kappa shape index (κ3) is 2.99. The second-order valence-corrected chi connectivity index (χ2v) is 5.14. The number of rotatable bonds is 2. The van der Waals surface area contributed by atoms with Crippen LogP contribution < -0.4 is 5.32 Å². The first-order valence-corrected chi connectivity index (χ1v) is 6.91. The molecular formula is C16H13F4N3. The molecule has 0 fully saturated rings. The summed E-state index contributed by atoms with van der Waals surface area (Å²) in [5.41, 5.74) is 0.702. The molecule has 0 saturated heterocycles. The number of aryl methyl sites for hydroxylation is 1. The molecule has 0 atom stereocenters. The third-order valence-corrected chi connectivity index (χ3v) is 3.47. The van der Waals surface area contributed by atoms with E-state index in [2.05, 4.69) is 10.4 Å². The van der Waals surface area contributed by atoms with Crippen molar-refractivity contribution in [3.05, 3.63) is 65.3 Å². The molecule has 0 radical (unpaired) electrons. The van der Waals surface area contributed by atoms with Crippen molar-refractivity contribution in [2.75, 3.05) is 6.54 Å². The minimum absolute atomic E-state index is 0.274. The van der Waals surface area contributed by atoms with Crippen molar-refractivity contribution < 1.29 is 17.6 Å². The Labute approximate surface area is 129 Å². The highest BCUT2D eigenvalue weighted by Gasteiger charge is 2.35. The van der Waals surface area contributed by atoms with E-state index in [1.165, 1.54) is 22.9 Å². The summed E-state index contributed by atoms with van der Waals surface area (Å²) in [6.45, 7) is 2.14. The summed E-state index contributed by atoms with van der Waals surface area (Å²) < 4.78 is 53.6. The Morgan fingerprint density at radius 2 is 2.00 bits per heavy atom. The van der Waals surface area contributed by atoms with Crippen molar-refractivity contribution in [2.45, 2.75) is 13.1 Å². The second-order valence-electron chi connectivity index (χ2n) is 5.14. The lowest BCUT2D eigenvalue weighted by atomic mass is 10.1. The Balaban J connectivity index is 2.19. The summed E-state index contributed by atoms with van der Waals surface area (Å²) in [4.78, 5) is 0. The monoisotopic (exact) mass is 323 g/mol. The summed E-state index contributed by atoms with van der Waals surface area (Å²) in [5, 5.41) is 6.69. The fourth-order valence-corrected chi connectivity index (χ4v) is 2.39. The van der Waals surface area contributed by atoms with Gasteiger partial charge in [0.2, 0.25) is 0 Å². The van der Waals surface area contributed by atoms with Crippen LogP contribution in [-0.2, 0) is 6.18 Å². The zero-order chi connectivity index (χ0) is 16.6. The molecule has 1 N–H and O–H groups in total.